The third-order valence-electron chi connectivity index (χ3n) is 6.29. The SMILES string of the molecule is CC(=O)N1CCCC(c2nnc3n2CCN(C(=O)Cc2ccc(C)c(C)c2)C3)C1. The van der Waals surface area contributed by atoms with Gasteiger partial charge in [-0.15, -0.1) is 10.2 Å². The number of amides is 2. The van der Waals surface area contributed by atoms with E-state index >= 15 is 0 Å². The number of hydrogen-bond acceptors (Lipinski definition) is 4. The molecule has 3 heterocycles. The number of carbonyl (C=O) groups excluding carboxylic acids is 2. The predicted octanol–water partition coefficient (Wildman–Crippen LogP) is 2.21. The number of likely N-dealkylation sites (tertiary alicyclic amines) is 1. The van der Waals surface area contributed by atoms with E-state index in [9.17, 15) is 9.59 Å². The Morgan fingerprint density at radius 1 is 1.07 bits per heavy atom. The molecule has 4 rings (SSSR count). The minimum absolute atomic E-state index is 0.121. The maximum Gasteiger partial charge on any atom is 0.227 e. The molecule has 1 atom stereocenters. The van der Waals surface area contributed by atoms with Gasteiger partial charge in [0.05, 0.1) is 13.0 Å². The summed E-state index contributed by atoms with van der Waals surface area (Å²) in [6, 6.07) is 6.21. The summed E-state index contributed by atoms with van der Waals surface area (Å²) < 4.78 is 2.16. The van der Waals surface area contributed by atoms with Gasteiger partial charge in [0.2, 0.25) is 11.8 Å². The van der Waals surface area contributed by atoms with E-state index in [1.54, 1.807) is 6.92 Å². The van der Waals surface area contributed by atoms with E-state index in [1.165, 1.54) is 11.1 Å². The number of hydrogen-bond donors (Lipinski definition) is 0. The first-order chi connectivity index (χ1) is 13.9. The Kier molecular flexibility index (Phi) is 5.39. The summed E-state index contributed by atoms with van der Waals surface area (Å²) in [5, 5.41) is 8.83. The molecule has 7 nitrogen and oxygen atoms in total. The average molecular weight is 396 g/mol. The highest BCUT2D eigenvalue weighted by Crippen LogP contribution is 2.27. The maximum absolute atomic E-state index is 12.8. The molecule has 0 N–H and O–H groups in total. The second-order valence-corrected chi connectivity index (χ2v) is 8.34. The van der Waals surface area contributed by atoms with Crippen LogP contribution >= 0.6 is 0 Å². The van der Waals surface area contributed by atoms with Gasteiger partial charge in [-0.3, -0.25) is 9.59 Å². The van der Waals surface area contributed by atoms with E-state index in [1.807, 2.05) is 15.9 Å². The van der Waals surface area contributed by atoms with E-state index in [-0.39, 0.29) is 17.7 Å². The molecule has 1 unspecified atom stereocenters. The van der Waals surface area contributed by atoms with Crippen LogP contribution in [0.4, 0.5) is 0 Å². The van der Waals surface area contributed by atoms with Crippen LogP contribution in [-0.4, -0.2) is 56.0 Å². The minimum Gasteiger partial charge on any atom is -0.342 e. The molecule has 1 saturated heterocycles. The Hall–Kier alpha value is -2.70. The molecule has 29 heavy (non-hydrogen) atoms. The number of benzene rings is 1. The van der Waals surface area contributed by atoms with Crippen molar-refractivity contribution in [2.24, 2.45) is 0 Å². The fraction of sp³-hybridized carbons (Fsp3) is 0.545. The van der Waals surface area contributed by atoms with Crippen LogP contribution in [0.25, 0.3) is 0 Å². The molecule has 2 aliphatic rings. The molecule has 1 fully saturated rings. The normalized spacial score (nSPS) is 19.2. The number of fused-ring (bicyclic) bond motifs is 1. The van der Waals surface area contributed by atoms with Gasteiger partial charge in [-0.2, -0.15) is 0 Å². The first kappa shape index (κ1) is 19.6. The summed E-state index contributed by atoms with van der Waals surface area (Å²) in [6.45, 7) is 9.21. The van der Waals surface area contributed by atoms with Crippen molar-refractivity contribution in [2.75, 3.05) is 19.6 Å². The highest BCUT2D eigenvalue weighted by molar-refractivity contribution is 5.79. The average Bonchev–Trinajstić information content (AvgIpc) is 3.14. The highest BCUT2D eigenvalue weighted by atomic mass is 16.2. The van der Waals surface area contributed by atoms with Crippen LogP contribution in [0.3, 0.4) is 0 Å². The standard InChI is InChI=1S/C22H29N5O2/c1-15-6-7-18(11-16(15)2)12-21(29)26-9-10-27-20(14-26)23-24-22(27)19-5-4-8-25(13-19)17(3)28/h6-7,11,19H,4-5,8-10,12-14H2,1-3H3. The highest BCUT2D eigenvalue weighted by Gasteiger charge is 2.30. The van der Waals surface area contributed by atoms with Gasteiger partial charge in [0, 0.05) is 39.0 Å². The molecule has 7 heteroatoms. The van der Waals surface area contributed by atoms with Crippen molar-refractivity contribution in [3.63, 3.8) is 0 Å². The summed E-state index contributed by atoms with van der Waals surface area (Å²) in [5.74, 6) is 2.29. The Labute approximate surface area is 171 Å². The molecular weight excluding hydrogens is 366 g/mol. The van der Waals surface area contributed by atoms with Gasteiger partial charge in [-0.25, -0.2) is 0 Å². The molecule has 154 valence electrons. The Morgan fingerprint density at radius 3 is 2.66 bits per heavy atom. The minimum atomic E-state index is 0.121. The van der Waals surface area contributed by atoms with Gasteiger partial charge in [0.25, 0.3) is 0 Å². The van der Waals surface area contributed by atoms with Gasteiger partial charge >= 0.3 is 0 Å². The lowest BCUT2D eigenvalue weighted by atomic mass is 9.97. The number of aryl methyl sites for hydroxylation is 2. The molecule has 0 aliphatic carbocycles. The van der Waals surface area contributed by atoms with Gasteiger partial charge in [0.1, 0.15) is 5.82 Å². The van der Waals surface area contributed by atoms with Crippen molar-refractivity contribution in [2.45, 2.75) is 59.0 Å². The molecule has 1 aromatic carbocycles. The maximum atomic E-state index is 12.8. The third-order valence-corrected chi connectivity index (χ3v) is 6.29. The zero-order valence-electron chi connectivity index (χ0n) is 17.5. The molecule has 0 radical (unpaired) electrons. The van der Waals surface area contributed by atoms with E-state index in [4.69, 9.17) is 0 Å². The topological polar surface area (TPSA) is 71.3 Å². The molecule has 0 spiro atoms. The monoisotopic (exact) mass is 395 g/mol. The lowest BCUT2D eigenvalue weighted by molar-refractivity contribution is -0.132. The number of nitrogens with zero attached hydrogens (tertiary/aromatic N) is 5. The summed E-state index contributed by atoms with van der Waals surface area (Å²) in [4.78, 5) is 28.4. The number of carbonyl (C=O) groups is 2. The second kappa shape index (κ2) is 7.97. The smallest absolute Gasteiger partial charge is 0.227 e. The fourth-order valence-electron chi connectivity index (χ4n) is 4.37. The number of piperidine rings is 1. The third kappa shape index (κ3) is 4.04. The zero-order chi connectivity index (χ0) is 20.5. The fourth-order valence-corrected chi connectivity index (χ4v) is 4.37. The summed E-state index contributed by atoms with van der Waals surface area (Å²) in [6.07, 6.45) is 2.43. The quantitative estimate of drug-likeness (QED) is 0.799. The van der Waals surface area contributed by atoms with Crippen LogP contribution in [0.2, 0.25) is 0 Å². The summed E-state index contributed by atoms with van der Waals surface area (Å²) in [5.41, 5.74) is 3.51. The van der Waals surface area contributed by atoms with Gasteiger partial charge in [-0.1, -0.05) is 18.2 Å². The number of rotatable bonds is 3. The summed E-state index contributed by atoms with van der Waals surface area (Å²) in [7, 11) is 0. The van der Waals surface area contributed by atoms with Crippen LogP contribution in [0.1, 0.15) is 54.0 Å². The first-order valence-electron chi connectivity index (χ1n) is 10.4. The molecule has 0 saturated carbocycles. The van der Waals surface area contributed by atoms with E-state index in [0.717, 1.165) is 36.6 Å². The molecule has 0 bridgehead atoms. The summed E-state index contributed by atoms with van der Waals surface area (Å²) >= 11 is 0. The predicted molar refractivity (Wildman–Crippen MR) is 109 cm³/mol. The molecular formula is C22H29N5O2. The lowest BCUT2D eigenvalue weighted by Gasteiger charge is -2.33. The first-order valence-corrected chi connectivity index (χ1v) is 10.4. The van der Waals surface area contributed by atoms with E-state index in [0.29, 0.717) is 32.6 Å². The van der Waals surface area contributed by atoms with Crippen molar-refractivity contribution in [3.8, 4) is 0 Å². The van der Waals surface area contributed by atoms with Crippen LogP contribution in [0.15, 0.2) is 18.2 Å². The van der Waals surface area contributed by atoms with Crippen molar-refractivity contribution in [1.29, 1.82) is 0 Å². The van der Waals surface area contributed by atoms with E-state index < -0.39 is 0 Å². The zero-order valence-corrected chi connectivity index (χ0v) is 17.5. The molecule has 1 aromatic heterocycles. The van der Waals surface area contributed by atoms with Crippen LogP contribution in [-0.2, 0) is 29.1 Å². The molecule has 2 amide bonds. The number of aromatic nitrogens is 3. The lowest BCUT2D eigenvalue weighted by Crippen LogP contribution is -2.41. The molecule has 2 aromatic rings. The van der Waals surface area contributed by atoms with Crippen LogP contribution < -0.4 is 0 Å². The van der Waals surface area contributed by atoms with Gasteiger partial charge < -0.3 is 14.4 Å². The van der Waals surface area contributed by atoms with Crippen molar-refractivity contribution < 1.29 is 9.59 Å². The second-order valence-electron chi connectivity index (χ2n) is 8.34. The van der Waals surface area contributed by atoms with E-state index in [2.05, 4.69) is 40.7 Å². The van der Waals surface area contributed by atoms with Gasteiger partial charge in [0.15, 0.2) is 5.82 Å². The van der Waals surface area contributed by atoms with Gasteiger partial charge in [-0.05, 0) is 43.4 Å². The largest absolute Gasteiger partial charge is 0.342 e. The van der Waals surface area contributed by atoms with Crippen LogP contribution in [0.5, 0.6) is 0 Å². The Balaban J connectivity index is 1.43. The Morgan fingerprint density at radius 2 is 1.90 bits per heavy atom. The van der Waals surface area contributed by atoms with Crippen molar-refractivity contribution >= 4 is 11.8 Å². The van der Waals surface area contributed by atoms with Crippen molar-refractivity contribution in [3.05, 3.63) is 46.5 Å². The van der Waals surface area contributed by atoms with Crippen molar-refractivity contribution in [1.82, 2.24) is 24.6 Å². The molecule has 2 aliphatic heterocycles. The Bertz CT molecular complexity index is 935. The van der Waals surface area contributed by atoms with Crippen LogP contribution in [0, 0.1) is 13.8 Å².